The molecule has 3 unspecified atom stereocenters. The minimum absolute atomic E-state index is 0.0905. The maximum atomic E-state index is 12.6. The summed E-state index contributed by atoms with van der Waals surface area (Å²) in [5.74, 6) is 1.49. The van der Waals surface area contributed by atoms with Crippen molar-refractivity contribution in [3.8, 4) is 5.75 Å². The summed E-state index contributed by atoms with van der Waals surface area (Å²) in [6, 6.07) is 7.27. The molecule has 1 aliphatic rings. The molecule has 4 heteroatoms. The zero-order chi connectivity index (χ0) is 15.2. The standard InChI is InChI=1S/C17H25F2NO/c1-3-20-16(13-8-6-7-12(2)11-13)14-9-4-5-10-15(14)21-17(18)19/h4-5,9-10,12-13,16-17,20H,3,6-8,11H2,1-2H3. The number of hydrogen-bond acceptors (Lipinski definition) is 2. The van der Waals surface area contributed by atoms with Gasteiger partial charge in [0.25, 0.3) is 0 Å². The highest BCUT2D eigenvalue weighted by atomic mass is 19.3. The summed E-state index contributed by atoms with van der Waals surface area (Å²) in [6.45, 7) is 2.36. The van der Waals surface area contributed by atoms with Crippen molar-refractivity contribution in [2.75, 3.05) is 6.54 Å². The second kappa shape index (κ2) is 7.74. The number of benzene rings is 1. The fourth-order valence-electron chi connectivity index (χ4n) is 3.48. The van der Waals surface area contributed by atoms with Gasteiger partial charge in [-0.05, 0) is 37.3 Å². The lowest BCUT2D eigenvalue weighted by Gasteiger charge is -2.34. The van der Waals surface area contributed by atoms with E-state index in [1.165, 1.54) is 12.8 Å². The second-order valence-corrected chi connectivity index (χ2v) is 5.98. The van der Waals surface area contributed by atoms with E-state index in [-0.39, 0.29) is 6.04 Å². The Labute approximate surface area is 125 Å². The minimum Gasteiger partial charge on any atom is -0.434 e. The van der Waals surface area contributed by atoms with Gasteiger partial charge in [-0.3, -0.25) is 0 Å². The first kappa shape index (κ1) is 16.2. The molecule has 0 amide bonds. The molecule has 1 aromatic carbocycles. The Balaban J connectivity index is 2.24. The molecule has 2 rings (SSSR count). The topological polar surface area (TPSA) is 21.3 Å². The molecule has 0 bridgehead atoms. The maximum Gasteiger partial charge on any atom is 0.387 e. The van der Waals surface area contributed by atoms with Crippen molar-refractivity contribution in [1.29, 1.82) is 0 Å². The number of rotatable bonds is 6. The van der Waals surface area contributed by atoms with E-state index in [0.717, 1.165) is 24.9 Å². The number of alkyl halides is 2. The Morgan fingerprint density at radius 3 is 2.71 bits per heavy atom. The average Bonchev–Trinajstić information content (AvgIpc) is 2.45. The first-order valence-electron chi connectivity index (χ1n) is 7.89. The van der Waals surface area contributed by atoms with Crippen LogP contribution in [-0.4, -0.2) is 13.2 Å². The Bertz CT molecular complexity index is 439. The molecule has 0 spiro atoms. The van der Waals surface area contributed by atoms with Gasteiger partial charge in [-0.1, -0.05) is 44.9 Å². The predicted octanol–water partition coefficient (Wildman–Crippen LogP) is 4.76. The first-order chi connectivity index (χ1) is 10.1. The second-order valence-electron chi connectivity index (χ2n) is 5.98. The Morgan fingerprint density at radius 1 is 1.29 bits per heavy atom. The van der Waals surface area contributed by atoms with E-state index in [2.05, 4.69) is 19.2 Å². The molecule has 0 aliphatic heterocycles. The zero-order valence-corrected chi connectivity index (χ0v) is 12.8. The molecule has 0 saturated heterocycles. The lowest BCUT2D eigenvalue weighted by atomic mass is 9.76. The largest absolute Gasteiger partial charge is 0.434 e. The fourth-order valence-corrected chi connectivity index (χ4v) is 3.48. The molecule has 21 heavy (non-hydrogen) atoms. The highest BCUT2D eigenvalue weighted by molar-refractivity contribution is 5.36. The van der Waals surface area contributed by atoms with Crippen molar-refractivity contribution in [3.05, 3.63) is 29.8 Å². The number of ether oxygens (including phenoxy) is 1. The van der Waals surface area contributed by atoms with Crippen molar-refractivity contribution in [1.82, 2.24) is 5.32 Å². The van der Waals surface area contributed by atoms with Gasteiger partial charge in [-0.25, -0.2) is 0 Å². The molecule has 0 aromatic heterocycles. The Kier molecular flexibility index (Phi) is 5.97. The molecule has 1 fully saturated rings. The van der Waals surface area contributed by atoms with E-state index in [1.807, 2.05) is 12.1 Å². The van der Waals surface area contributed by atoms with Crippen LogP contribution in [0.2, 0.25) is 0 Å². The first-order valence-corrected chi connectivity index (χ1v) is 7.89. The molecule has 0 heterocycles. The van der Waals surface area contributed by atoms with Crippen LogP contribution >= 0.6 is 0 Å². The molecule has 0 radical (unpaired) electrons. The third-order valence-electron chi connectivity index (χ3n) is 4.34. The fraction of sp³-hybridized carbons (Fsp3) is 0.647. The van der Waals surface area contributed by atoms with Crippen LogP contribution in [0.25, 0.3) is 0 Å². The van der Waals surface area contributed by atoms with Crippen LogP contribution in [0.1, 0.15) is 51.1 Å². The lowest BCUT2D eigenvalue weighted by molar-refractivity contribution is -0.0509. The maximum absolute atomic E-state index is 12.6. The van der Waals surface area contributed by atoms with Crippen LogP contribution in [0.4, 0.5) is 8.78 Å². The number of hydrogen-bond donors (Lipinski definition) is 1. The molecule has 118 valence electrons. The number of para-hydroxylation sites is 1. The van der Waals surface area contributed by atoms with Crippen molar-refractivity contribution in [2.24, 2.45) is 11.8 Å². The van der Waals surface area contributed by atoms with Gasteiger partial charge in [-0.15, -0.1) is 0 Å². The summed E-state index contributed by atoms with van der Waals surface area (Å²) in [5, 5.41) is 3.48. The van der Waals surface area contributed by atoms with E-state index in [0.29, 0.717) is 17.6 Å². The van der Waals surface area contributed by atoms with E-state index in [4.69, 9.17) is 4.74 Å². The minimum atomic E-state index is -2.78. The van der Waals surface area contributed by atoms with Gasteiger partial charge in [0.15, 0.2) is 0 Å². The Hall–Kier alpha value is -1.16. The quantitative estimate of drug-likeness (QED) is 0.817. The molecule has 2 nitrogen and oxygen atoms in total. The summed E-state index contributed by atoms with van der Waals surface area (Å²) in [6.07, 6.45) is 4.77. The van der Waals surface area contributed by atoms with Gasteiger partial charge in [0, 0.05) is 11.6 Å². The van der Waals surface area contributed by atoms with Gasteiger partial charge in [0.2, 0.25) is 0 Å². The van der Waals surface area contributed by atoms with Crippen LogP contribution in [-0.2, 0) is 0 Å². The molecule has 1 saturated carbocycles. The summed E-state index contributed by atoms with van der Waals surface area (Å²) in [5.41, 5.74) is 0.860. The summed E-state index contributed by atoms with van der Waals surface area (Å²) >= 11 is 0. The van der Waals surface area contributed by atoms with Gasteiger partial charge in [0.05, 0.1) is 0 Å². The molecule has 1 N–H and O–H groups in total. The SMILES string of the molecule is CCNC(c1ccccc1OC(F)F)C1CCCC(C)C1. The van der Waals surface area contributed by atoms with Crippen LogP contribution in [0.15, 0.2) is 24.3 Å². The van der Waals surface area contributed by atoms with Crippen molar-refractivity contribution in [3.63, 3.8) is 0 Å². The molecule has 1 aliphatic carbocycles. The van der Waals surface area contributed by atoms with E-state index in [1.54, 1.807) is 12.1 Å². The van der Waals surface area contributed by atoms with Gasteiger partial charge >= 0.3 is 6.61 Å². The third kappa shape index (κ3) is 4.40. The average molecular weight is 297 g/mol. The van der Waals surface area contributed by atoms with Crippen LogP contribution in [0.5, 0.6) is 5.75 Å². The highest BCUT2D eigenvalue weighted by Gasteiger charge is 2.29. The van der Waals surface area contributed by atoms with Crippen molar-refractivity contribution in [2.45, 2.75) is 52.2 Å². The Morgan fingerprint density at radius 2 is 2.05 bits per heavy atom. The van der Waals surface area contributed by atoms with Crippen LogP contribution in [0, 0.1) is 11.8 Å². The third-order valence-corrected chi connectivity index (χ3v) is 4.34. The van der Waals surface area contributed by atoms with Gasteiger partial charge < -0.3 is 10.1 Å². The molecular formula is C17H25F2NO. The van der Waals surface area contributed by atoms with Crippen LogP contribution in [0.3, 0.4) is 0 Å². The smallest absolute Gasteiger partial charge is 0.387 e. The predicted molar refractivity (Wildman–Crippen MR) is 80.6 cm³/mol. The monoisotopic (exact) mass is 297 g/mol. The zero-order valence-electron chi connectivity index (χ0n) is 12.8. The van der Waals surface area contributed by atoms with Crippen molar-refractivity contribution < 1.29 is 13.5 Å². The summed E-state index contributed by atoms with van der Waals surface area (Å²) in [7, 11) is 0. The molecular weight excluding hydrogens is 272 g/mol. The van der Waals surface area contributed by atoms with E-state index >= 15 is 0 Å². The number of halogens is 2. The van der Waals surface area contributed by atoms with E-state index in [9.17, 15) is 8.78 Å². The summed E-state index contributed by atoms with van der Waals surface area (Å²) in [4.78, 5) is 0. The van der Waals surface area contributed by atoms with Gasteiger partial charge in [0.1, 0.15) is 5.75 Å². The van der Waals surface area contributed by atoms with Crippen LogP contribution < -0.4 is 10.1 Å². The highest BCUT2D eigenvalue weighted by Crippen LogP contribution is 2.40. The molecule has 3 atom stereocenters. The van der Waals surface area contributed by atoms with E-state index < -0.39 is 6.61 Å². The number of nitrogens with one attached hydrogen (secondary N) is 1. The van der Waals surface area contributed by atoms with Crippen molar-refractivity contribution >= 4 is 0 Å². The summed E-state index contributed by atoms with van der Waals surface area (Å²) < 4.78 is 29.9. The molecule has 1 aromatic rings. The normalized spacial score (nSPS) is 24.0. The van der Waals surface area contributed by atoms with Gasteiger partial charge in [-0.2, -0.15) is 8.78 Å². The lowest BCUT2D eigenvalue weighted by Crippen LogP contribution is -2.31.